The molecule has 1 aromatic heterocycles. The van der Waals surface area contributed by atoms with E-state index >= 15 is 0 Å². The zero-order valence-corrected chi connectivity index (χ0v) is 19.2. The number of aromatic nitrogens is 3. The first-order valence-electron chi connectivity index (χ1n) is 10.9. The van der Waals surface area contributed by atoms with E-state index in [1.54, 1.807) is 7.11 Å². The zero-order valence-electron chi connectivity index (χ0n) is 19.2. The predicted octanol–water partition coefficient (Wildman–Crippen LogP) is 2.36. The third-order valence-electron chi connectivity index (χ3n) is 5.77. The molecule has 4 rings (SSSR count). The summed E-state index contributed by atoms with van der Waals surface area (Å²) in [5, 5.41) is 18.5. The topological polar surface area (TPSA) is 110 Å². The summed E-state index contributed by atoms with van der Waals surface area (Å²) in [4.78, 5) is 23.8. The minimum Gasteiger partial charge on any atom is -0.497 e. The summed E-state index contributed by atoms with van der Waals surface area (Å²) in [6.45, 7) is 7.78. The highest BCUT2D eigenvalue weighted by Gasteiger charge is 2.39. The fraction of sp³-hybridized carbons (Fsp3) is 0.545. The molecule has 0 spiro atoms. The zero-order chi connectivity index (χ0) is 25.0. The number of likely N-dealkylation sites (tertiary alicyclic amines) is 1. The van der Waals surface area contributed by atoms with Crippen molar-refractivity contribution in [1.29, 1.82) is 0 Å². The third-order valence-corrected chi connectivity index (χ3v) is 5.77. The maximum absolute atomic E-state index is 12.4. The number of nitrogens with zero attached hydrogens (tertiary/aromatic N) is 4. The summed E-state index contributed by atoms with van der Waals surface area (Å²) in [6.07, 6.45) is -4.19. The van der Waals surface area contributed by atoms with Gasteiger partial charge < -0.3 is 19.7 Å². The van der Waals surface area contributed by atoms with E-state index in [9.17, 15) is 18.0 Å². The number of benzene rings is 1. The lowest BCUT2D eigenvalue weighted by atomic mass is 9.89. The molecule has 2 aromatic rings. The molecule has 0 bridgehead atoms. The van der Waals surface area contributed by atoms with Crippen molar-refractivity contribution in [3.63, 3.8) is 0 Å². The minimum atomic E-state index is -5.08. The molecule has 3 heterocycles. The Balaban J connectivity index is 0.000000406. The van der Waals surface area contributed by atoms with Crippen LogP contribution in [0.25, 0.3) is 0 Å². The molecular weight excluding hydrogens is 455 g/mol. The maximum Gasteiger partial charge on any atom is 0.490 e. The fourth-order valence-corrected chi connectivity index (χ4v) is 4.23. The summed E-state index contributed by atoms with van der Waals surface area (Å²) < 4.78 is 39.0. The van der Waals surface area contributed by atoms with Crippen LogP contribution in [0, 0.1) is 11.8 Å². The van der Waals surface area contributed by atoms with Gasteiger partial charge in [0.25, 0.3) is 5.91 Å². The van der Waals surface area contributed by atoms with Crippen LogP contribution in [0.4, 0.5) is 13.2 Å². The molecule has 34 heavy (non-hydrogen) atoms. The van der Waals surface area contributed by atoms with Gasteiger partial charge in [0, 0.05) is 38.6 Å². The lowest BCUT2D eigenvalue weighted by Crippen LogP contribution is -2.35. The van der Waals surface area contributed by atoms with Crippen molar-refractivity contribution >= 4 is 11.9 Å². The Kier molecular flexibility index (Phi) is 7.80. The van der Waals surface area contributed by atoms with E-state index in [4.69, 9.17) is 14.6 Å². The van der Waals surface area contributed by atoms with Crippen LogP contribution in [0.15, 0.2) is 24.3 Å². The first-order chi connectivity index (χ1) is 16.0. The molecule has 9 nitrogen and oxygen atoms in total. The smallest absolute Gasteiger partial charge is 0.490 e. The molecule has 0 aliphatic carbocycles. The van der Waals surface area contributed by atoms with E-state index in [-0.39, 0.29) is 11.9 Å². The highest BCUT2D eigenvalue weighted by molar-refractivity contribution is 5.90. The van der Waals surface area contributed by atoms with Crippen molar-refractivity contribution in [3.05, 3.63) is 41.5 Å². The van der Waals surface area contributed by atoms with Gasteiger partial charge in [-0.25, -0.2) is 4.79 Å². The Morgan fingerprint density at radius 3 is 2.32 bits per heavy atom. The van der Waals surface area contributed by atoms with E-state index in [0.717, 1.165) is 44.2 Å². The standard InChI is InChI=1S/C20H27N5O2.C2HF3O2/c1-13(2)21-20(26)19-23-22-18-8-15-10-24(11-16(15)12-25(18)19)9-14-4-6-17(27-3)7-5-14;3-2(4,5)1(6)7/h4-7,13,15-16H,8-12H2,1-3H3,(H,21,26);(H,6,7). The lowest BCUT2D eigenvalue weighted by Gasteiger charge is -2.25. The third kappa shape index (κ3) is 6.25. The van der Waals surface area contributed by atoms with Gasteiger partial charge in [0.05, 0.1) is 7.11 Å². The number of carbonyl (C=O) groups excluding carboxylic acids is 1. The number of fused-ring (bicyclic) bond motifs is 2. The monoisotopic (exact) mass is 483 g/mol. The second-order valence-corrected chi connectivity index (χ2v) is 8.75. The first kappa shape index (κ1) is 25.5. The molecule has 0 radical (unpaired) electrons. The average molecular weight is 483 g/mol. The van der Waals surface area contributed by atoms with Crippen LogP contribution < -0.4 is 10.1 Å². The molecule has 2 atom stereocenters. The highest BCUT2D eigenvalue weighted by atomic mass is 19.4. The van der Waals surface area contributed by atoms with Crippen LogP contribution in [-0.4, -0.2) is 69.1 Å². The Hall–Kier alpha value is -3.15. The normalized spacial score (nSPS) is 19.6. The van der Waals surface area contributed by atoms with Crippen LogP contribution in [-0.2, 0) is 24.3 Å². The van der Waals surface area contributed by atoms with E-state index in [2.05, 4.69) is 32.5 Å². The van der Waals surface area contributed by atoms with Crippen LogP contribution in [0.1, 0.15) is 35.9 Å². The van der Waals surface area contributed by atoms with Crippen molar-refractivity contribution in [3.8, 4) is 5.75 Å². The molecule has 2 aliphatic heterocycles. The summed E-state index contributed by atoms with van der Waals surface area (Å²) in [6, 6.07) is 8.38. The van der Waals surface area contributed by atoms with Gasteiger partial charge in [0.15, 0.2) is 0 Å². The fourth-order valence-electron chi connectivity index (χ4n) is 4.23. The second kappa shape index (κ2) is 10.4. The number of amides is 1. The average Bonchev–Trinajstić information content (AvgIpc) is 3.34. The first-order valence-corrected chi connectivity index (χ1v) is 10.9. The largest absolute Gasteiger partial charge is 0.497 e. The van der Waals surface area contributed by atoms with Crippen molar-refractivity contribution < 1.29 is 32.6 Å². The molecule has 1 aromatic carbocycles. The molecule has 1 saturated heterocycles. The highest BCUT2D eigenvalue weighted by Crippen LogP contribution is 2.33. The molecule has 186 valence electrons. The summed E-state index contributed by atoms with van der Waals surface area (Å²) in [7, 11) is 1.69. The number of methoxy groups -OCH3 is 1. The van der Waals surface area contributed by atoms with Gasteiger partial charge in [-0.15, -0.1) is 10.2 Å². The Bertz CT molecular complexity index is 1010. The minimum absolute atomic E-state index is 0.0910. The number of alkyl halides is 3. The van der Waals surface area contributed by atoms with Crippen LogP contribution >= 0.6 is 0 Å². The van der Waals surface area contributed by atoms with Gasteiger partial charge in [-0.05, 0) is 43.4 Å². The van der Waals surface area contributed by atoms with Gasteiger partial charge in [-0.3, -0.25) is 9.69 Å². The molecule has 2 N–H and O–H groups in total. The van der Waals surface area contributed by atoms with Crippen molar-refractivity contribution in [1.82, 2.24) is 25.0 Å². The molecule has 1 amide bonds. The van der Waals surface area contributed by atoms with Crippen molar-refractivity contribution in [2.45, 2.75) is 45.6 Å². The van der Waals surface area contributed by atoms with Crippen LogP contribution in [0.3, 0.4) is 0 Å². The molecular formula is C22H28F3N5O4. The Labute approximate surface area is 194 Å². The number of aliphatic carboxylic acids is 1. The van der Waals surface area contributed by atoms with E-state index < -0.39 is 12.1 Å². The van der Waals surface area contributed by atoms with Crippen molar-refractivity contribution in [2.75, 3.05) is 20.2 Å². The van der Waals surface area contributed by atoms with Gasteiger partial charge >= 0.3 is 12.1 Å². The molecule has 1 fully saturated rings. The van der Waals surface area contributed by atoms with E-state index in [0.29, 0.717) is 17.7 Å². The number of hydrogen-bond donors (Lipinski definition) is 2. The summed E-state index contributed by atoms with van der Waals surface area (Å²) in [5.74, 6) is 0.516. The van der Waals surface area contributed by atoms with Crippen molar-refractivity contribution in [2.24, 2.45) is 11.8 Å². The molecule has 12 heteroatoms. The Morgan fingerprint density at radius 2 is 1.76 bits per heavy atom. The maximum atomic E-state index is 12.4. The van der Waals surface area contributed by atoms with Gasteiger partial charge in [0.1, 0.15) is 11.6 Å². The number of halogens is 3. The summed E-state index contributed by atoms with van der Waals surface area (Å²) in [5.41, 5.74) is 1.30. The van der Waals surface area contributed by atoms with Gasteiger partial charge in [-0.1, -0.05) is 12.1 Å². The quantitative estimate of drug-likeness (QED) is 0.672. The predicted molar refractivity (Wildman–Crippen MR) is 115 cm³/mol. The number of carbonyl (C=O) groups is 2. The van der Waals surface area contributed by atoms with E-state index in [1.165, 1.54) is 5.56 Å². The lowest BCUT2D eigenvalue weighted by molar-refractivity contribution is -0.192. The Morgan fingerprint density at radius 1 is 1.15 bits per heavy atom. The number of hydrogen-bond acceptors (Lipinski definition) is 6. The number of nitrogens with one attached hydrogen (secondary N) is 1. The molecule has 2 unspecified atom stereocenters. The number of carboxylic acid groups (broad SMARTS) is 1. The van der Waals surface area contributed by atoms with E-state index in [1.807, 2.05) is 30.5 Å². The van der Waals surface area contributed by atoms with Gasteiger partial charge in [-0.2, -0.15) is 13.2 Å². The second-order valence-electron chi connectivity index (χ2n) is 8.75. The molecule has 2 aliphatic rings. The van der Waals surface area contributed by atoms with Crippen LogP contribution in [0.2, 0.25) is 0 Å². The number of rotatable bonds is 5. The van der Waals surface area contributed by atoms with Gasteiger partial charge in [0.2, 0.25) is 5.82 Å². The summed E-state index contributed by atoms with van der Waals surface area (Å²) >= 11 is 0. The molecule has 0 saturated carbocycles. The number of carboxylic acids is 1. The van der Waals surface area contributed by atoms with Crippen LogP contribution in [0.5, 0.6) is 5.75 Å². The number of ether oxygens (including phenoxy) is 1. The SMILES string of the molecule is COc1ccc(CN2CC3Cc4nnc(C(=O)NC(C)C)n4CC3C2)cc1.O=C(O)C(F)(F)F.